The average molecular weight is 435 g/mol. The SMILES string of the molecule is Cc1cccc(OC(C)C(=O)NCCOc2ccc3nnc(-c4cccc(F)c4)n3n2)c1. The zero-order valence-corrected chi connectivity index (χ0v) is 17.7. The molecule has 2 aromatic heterocycles. The molecule has 8 nitrogen and oxygen atoms in total. The summed E-state index contributed by atoms with van der Waals surface area (Å²) in [5.41, 5.74) is 2.12. The van der Waals surface area contributed by atoms with Crippen molar-refractivity contribution in [1.82, 2.24) is 25.1 Å². The van der Waals surface area contributed by atoms with E-state index in [1.54, 1.807) is 31.2 Å². The monoisotopic (exact) mass is 435 g/mol. The highest BCUT2D eigenvalue weighted by Crippen LogP contribution is 2.20. The van der Waals surface area contributed by atoms with Crippen LogP contribution in [0.15, 0.2) is 60.7 Å². The maximum Gasteiger partial charge on any atom is 0.260 e. The molecule has 1 amide bonds. The number of halogens is 1. The second-order valence-corrected chi connectivity index (χ2v) is 7.19. The second-order valence-electron chi connectivity index (χ2n) is 7.19. The molecule has 4 rings (SSSR count). The minimum atomic E-state index is -0.642. The molecule has 1 unspecified atom stereocenters. The molecule has 0 spiro atoms. The van der Waals surface area contributed by atoms with Crippen molar-refractivity contribution in [2.45, 2.75) is 20.0 Å². The van der Waals surface area contributed by atoms with E-state index in [0.29, 0.717) is 28.7 Å². The van der Waals surface area contributed by atoms with Crippen molar-refractivity contribution in [3.8, 4) is 23.0 Å². The standard InChI is InChI=1S/C23H22FN5O3/c1-15-5-3-8-19(13-15)32-16(2)23(30)25-11-12-31-21-10-9-20-26-27-22(29(20)28-21)17-6-4-7-18(24)14-17/h3-10,13-14,16H,11-12H2,1-2H3,(H,25,30). The van der Waals surface area contributed by atoms with Gasteiger partial charge in [-0.3, -0.25) is 4.79 Å². The number of carbonyl (C=O) groups is 1. The molecule has 0 saturated heterocycles. The zero-order valence-electron chi connectivity index (χ0n) is 17.7. The van der Waals surface area contributed by atoms with Crippen LogP contribution in [0.4, 0.5) is 4.39 Å². The lowest BCUT2D eigenvalue weighted by molar-refractivity contribution is -0.127. The number of carbonyl (C=O) groups excluding carboxylic acids is 1. The first-order chi connectivity index (χ1) is 15.5. The van der Waals surface area contributed by atoms with Crippen LogP contribution in [0.5, 0.6) is 11.6 Å². The van der Waals surface area contributed by atoms with Crippen LogP contribution >= 0.6 is 0 Å². The van der Waals surface area contributed by atoms with Crippen molar-refractivity contribution in [2.75, 3.05) is 13.2 Å². The Morgan fingerprint density at radius 1 is 1.12 bits per heavy atom. The third-order valence-electron chi connectivity index (χ3n) is 4.64. The van der Waals surface area contributed by atoms with Gasteiger partial charge in [-0.25, -0.2) is 4.39 Å². The van der Waals surface area contributed by atoms with Crippen LogP contribution in [0.25, 0.3) is 17.0 Å². The van der Waals surface area contributed by atoms with Crippen molar-refractivity contribution in [1.29, 1.82) is 0 Å². The van der Waals surface area contributed by atoms with Crippen LogP contribution in [0.2, 0.25) is 0 Å². The number of rotatable bonds is 8. The second kappa shape index (κ2) is 9.42. The number of hydrogen-bond donors (Lipinski definition) is 1. The summed E-state index contributed by atoms with van der Waals surface area (Å²) in [4.78, 5) is 12.3. The first-order valence-corrected chi connectivity index (χ1v) is 10.1. The molecule has 4 aromatic rings. The summed E-state index contributed by atoms with van der Waals surface area (Å²) < 4.78 is 26.4. The Morgan fingerprint density at radius 2 is 1.97 bits per heavy atom. The highest BCUT2D eigenvalue weighted by atomic mass is 19.1. The Hall–Kier alpha value is -4.01. The van der Waals surface area contributed by atoms with Crippen LogP contribution in [-0.4, -0.2) is 45.0 Å². The van der Waals surface area contributed by atoms with Gasteiger partial charge in [-0.1, -0.05) is 24.3 Å². The third kappa shape index (κ3) is 5.00. The van der Waals surface area contributed by atoms with Crippen LogP contribution in [0, 0.1) is 12.7 Å². The fourth-order valence-corrected chi connectivity index (χ4v) is 3.08. The molecule has 1 N–H and O–H groups in total. The van der Waals surface area contributed by atoms with Crippen molar-refractivity contribution in [3.63, 3.8) is 0 Å². The number of aromatic nitrogens is 4. The van der Waals surface area contributed by atoms with Gasteiger partial charge in [0.15, 0.2) is 17.6 Å². The first kappa shape index (κ1) is 21.2. The summed E-state index contributed by atoms with van der Waals surface area (Å²) in [6.45, 7) is 4.13. The molecule has 2 aromatic carbocycles. The molecule has 0 saturated carbocycles. The normalized spacial score (nSPS) is 11.8. The molecule has 0 aliphatic rings. The molecule has 0 aliphatic heterocycles. The summed E-state index contributed by atoms with van der Waals surface area (Å²) in [7, 11) is 0. The number of nitrogens with one attached hydrogen (secondary N) is 1. The summed E-state index contributed by atoms with van der Waals surface area (Å²) in [5, 5.41) is 15.3. The van der Waals surface area contributed by atoms with Crippen molar-refractivity contribution in [3.05, 3.63) is 72.0 Å². The third-order valence-corrected chi connectivity index (χ3v) is 4.64. The fraction of sp³-hybridized carbons (Fsp3) is 0.217. The molecule has 9 heteroatoms. The van der Waals surface area contributed by atoms with E-state index in [4.69, 9.17) is 9.47 Å². The van der Waals surface area contributed by atoms with E-state index < -0.39 is 6.10 Å². The van der Waals surface area contributed by atoms with Gasteiger partial charge in [0, 0.05) is 11.6 Å². The van der Waals surface area contributed by atoms with E-state index in [0.717, 1.165) is 5.56 Å². The van der Waals surface area contributed by atoms with E-state index >= 15 is 0 Å². The molecule has 0 aliphatic carbocycles. The maximum atomic E-state index is 13.6. The molecule has 164 valence electrons. The van der Waals surface area contributed by atoms with Gasteiger partial charge >= 0.3 is 0 Å². The predicted octanol–water partition coefficient (Wildman–Crippen LogP) is 3.20. The largest absolute Gasteiger partial charge is 0.481 e. The Kier molecular flexibility index (Phi) is 6.25. The van der Waals surface area contributed by atoms with E-state index in [2.05, 4.69) is 20.6 Å². The lowest BCUT2D eigenvalue weighted by Gasteiger charge is -2.15. The molecule has 32 heavy (non-hydrogen) atoms. The lowest BCUT2D eigenvalue weighted by Crippen LogP contribution is -2.38. The Morgan fingerprint density at radius 3 is 2.78 bits per heavy atom. The van der Waals surface area contributed by atoms with Gasteiger partial charge in [0.05, 0.1) is 6.54 Å². The summed E-state index contributed by atoms with van der Waals surface area (Å²) in [6, 6.07) is 16.9. The Balaban J connectivity index is 1.32. The van der Waals surface area contributed by atoms with E-state index in [1.807, 2.05) is 31.2 Å². The van der Waals surface area contributed by atoms with Crippen LogP contribution in [-0.2, 0) is 4.79 Å². The summed E-state index contributed by atoms with van der Waals surface area (Å²) in [5.74, 6) is 0.756. The molecular formula is C23H22FN5O3. The lowest BCUT2D eigenvalue weighted by atomic mass is 10.2. The number of amides is 1. The van der Waals surface area contributed by atoms with Crippen molar-refractivity contribution >= 4 is 11.6 Å². The van der Waals surface area contributed by atoms with Gasteiger partial charge < -0.3 is 14.8 Å². The highest BCUT2D eigenvalue weighted by molar-refractivity contribution is 5.80. The Bertz CT molecular complexity index is 1240. The zero-order chi connectivity index (χ0) is 22.5. The molecule has 0 bridgehead atoms. The molecule has 2 heterocycles. The quantitative estimate of drug-likeness (QED) is 0.428. The smallest absolute Gasteiger partial charge is 0.260 e. The van der Waals surface area contributed by atoms with Crippen LogP contribution in [0.1, 0.15) is 12.5 Å². The van der Waals surface area contributed by atoms with Gasteiger partial charge in [-0.2, -0.15) is 4.52 Å². The fourth-order valence-electron chi connectivity index (χ4n) is 3.08. The molecule has 0 radical (unpaired) electrons. The van der Waals surface area contributed by atoms with Gasteiger partial charge in [0.2, 0.25) is 5.88 Å². The molecule has 1 atom stereocenters. The van der Waals surface area contributed by atoms with Crippen LogP contribution in [0.3, 0.4) is 0 Å². The number of ether oxygens (including phenoxy) is 2. The Labute approximate surface area is 184 Å². The number of hydrogen-bond acceptors (Lipinski definition) is 6. The van der Waals surface area contributed by atoms with Crippen molar-refractivity contribution < 1.29 is 18.7 Å². The van der Waals surface area contributed by atoms with Gasteiger partial charge in [0.1, 0.15) is 18.2 Å². The maximum absolute atomic E-state index is 13.6. The van der Waals surface area contributed by atoms with Gasteiger partial charge in [0.25, 0.3) is 5.91 Å². The van der Waals surface area contributed by atoms with E-state index in [9.17, 15) is 9.18 Å². The minimum Gasteiger partial charge on any atom is -0.481 e. The molecule has 0 fully saturated rings. The summed E-state index contributed by atoms with van der Waals surface area (Å²) in [6.07, 6.45) is -0.642. The number of nitrogens with zero attached hydrogens (tertiary/aromatic N) is 4. The topological polar surface area (TPSA) is 90.6 Å². The van der Waals surface area contributed by atoms with Crippen molar-refractivity contribution in [2.24, 2.45) is 0 Å². The van der Waals surface area contributed by atoms with Gasteiger partial charge in [-0.15, -0.1) is 15.3 Å². The summed E-state index contributed by atoms with van der Waals surface area (Å²) >= 11 is 0. The minimum absolute atomic E-state index is 0.207. The molecular weight excluding hydrogens is 413 g/mol. The average Bonchev–Trinajstić information content (AvgIpc) is 3.20. The first-order valence-electron chi connectivity index (χ1n) is 10.1. The van der Waals surface area contributed by atoms with E-state index in [-0.39, 0.29) is 24.9 Å². The van der Waals surface area contributed by atoms with Crippen LogP contribution < -0.4 is 14.8 Å². The predicted molar refractivity (Wildman–Crippen MR) is 116 cm³/mol. The van der Waals surface area contributed by atoms with Gasteiger partial charge in [-0.05, 0) is 49.7 Å². The van der Waals surface area contributed by atoms with E-state index in [1.165, 1.54) is 16.6 Å². The number of fused-ring (bicyclic) bond motifs is 1. The number of aryl methyl sites for hydroxylation is 1. The number of benzene rings is 2. The highest BCUT2D eigenvalue weighted by Gasteiger charge is 2.15.